The number of nitrogens with two attached hydrogens (primary N) is 1. The van der Waals surface area contributed by atoms with E-state index in [0.29, 0.717) is 11.0 Å². The molecule has 2 nitrogen and oxygen atoms in total. The van der Waals surface area contributed by atoms with Crippen LogP contribution in [0.25, 0.3) is 0 Å². The van der Waals surface area contributed by atoms with Gasteiger partial charge in [-0.3, -0.25) is 4.90 Å². The molecule has 2 N–H and O–H groups in total. The van der Waals surface area contributed by atoms with Gasteiger partial charge in [0, 0.05) is 18.6 Å². The molecule has 2 heteroatoms. The van der Waals surface area contributed by atoms with Crippen molar-refractivity contribution >= 4 is 0 Å². The van der Waals surface area contributed by atoms with Crippen LogP contribution in [-0.2, 0) is 0 Å². The third kappa shape index (κ3) is 2.78. The summed E-state index contributed by atoms with van der Waals surface area (Å²) in [4.78, 5) is 2.83. The van der Waals surface area contributed by atoms with Crippen molar-refractivity contribution in [3.63, 3.8) is 0 Å². The summed E-state index contributed by atoms with van der Waals surface area (Å²) in [5, 5.41) is 0. The van der Waals surface area contributed by atoms with Gasteiger partial charge in [-0.2, -0.15) is 0 Å². The van der Waals surface area contributed by atoms with Gasteiger partial charge in [0.05, 0.1) is 0 Å². The van der Waals surface area contributed by atoms with Gasteiger partial charge in [-0.25, -0.2) is 0 Å². The van der Waals surface area contributed by atoms with Crippen LogP contribution in [0.5, 0.6) is 0 Å². The summed E-state index contributed by atoms with van der Waals surface area (Å²) in [5.74, 6) is 2.01. The van der Waals surface area contributed by atoms with E-state index in [0.717, 1.165) is 18.4 Å². The SMILES string of the molecule is CC1(C)CCCC(CN)(N2CCC3CCCCC3C2)C1. The van der Waals surface area contributed by atoms with E-state index in [-0.39, 0.29) is 0 Å². The van der Waals surface area contributed by atoms with E-state index in [1.807, 2.05) is 0 Å². The van der Waals surface area contributed by atoms with Crippen LogP contribution in [0.1, 0.15) is 71.6 Å². The molecule has 1 aliphatic heterocycles. The molecule has 0 radical (unpaired) electrons. The summed E-state index contributed by atoms with van der Waals surface area (Å²) in [6, 6.07) is 0. The minimum absolute atomic E-state index is 0.324. The van der Waals surface area contributed by atoms with Crippen molar-refractivity contribution in [2.75, 3.05) is 19.6 Å². The van der Waals surface area contributed by atoms with Gasteiger partial charge in [0.2, 0.25) is 0 Å². The zero-order chi connectivity index (χ0) is 14.2. The molecule has 3 unspecified atom stereocenters. The first-order valence-electron chi connectivity index (χ1n) is 9.00. The topological polar surface area (TPSA) is 29.3 Å². The summed E-state index contributed by atoms with van der Waals surface area (Å²) < 4.78 is 0. The number of piperidine rings is 1. The van der Waals surface area contributed by atoms with Gasteiger partial charge in [0.1, 0.15) is 0 Å². The predicted octanol–water partition coefficient (Wildman–Crippen LogP) is 3.80. The maximum Gasteiger partial charge on any atom is 0.0336 e. The number of nitrogens with zero attached hydrogens (tertiary/aromatic N) is 1. The lowest BCUT2D eigenvalue weighted by Gasteiger charge is -2.55. The van der Waals surface area contributed by atoms with Gasteiger partial charge < -0.3 is 5.73 Å². The Morgan fingerprint density at radius 3 is 2.45 bits per heavy atom. The molecule has 0 aromatic heterocycles. The van der Waals surface area contributed by atoms with Crippen LogP contribution in [0.3, 0.4) is 0 Å². The normalized spacial score (nSPS) is 42.1. The van der Waals surface area contributed by atoms with E-state index in [1.165, 1.54) is 70.9 Å². The van der Waals surface area contributed by atoms with Crippen LogP contribution < -0.4 is 5.73 Å². The van der Waals surface area contributed by atoms with Crippen molar-refractivity contribution in [1.82, 2.24) is 4.90 Å². The molecule has 3 aliphatic rings. The molecule has 0 aromatic rings. The molecule has 20 heavy (non-hydrogen) atoms. The Morgan fingerprint density at radius 1 is 1.00 bits per heavy atom. The second kappa shape index (κ2) is 5.61. The second-order valence-electron chi connectivity index (χ2n) is 8.66. The van der Waals surface area contributed by atoms with Gasteiger partial charge >= 0.3 is 0 Å². The molecule has 3 atom stereocenters. The van der Waals surface area contributed by atoms with Gasteiger partial charge in [0.15, 0.2) is 0 Å². The average Bonchev–Trinajstić information content (AvgIpc) is 2.45. The average molecular weight is 278 g/mol. The molecule has 2 saturated carbocycles. The van der Waals surface area contributed by atoms with Crippen molar-refractivity contribution in [1.29, 1.82) is 0 Å². The molecule has 3 fully saturated rings. The van der Waals surface area contributed by atoms with Gasteiger partial charge in [0.25, 0.3) is 0 Å². The lowest BCUT2D eigenvalue weighted by atomic mass is 9.65. The largest absolute Gasteiger partial charge is 0.329 e. The first kappa shape index (κ1) is 14.8. The Bertz CT molecular complexity index is 338. The van der Waals surface area contributed by atoms with E-state index in [2.05, 4.69) is 18.7 Å². The third-order valence-electron chi connectivity index (χ3n) is 6.65. The zero-order valence-corrected chi connectivity index (χ0v) is 13.7. The molecule has 1 heterocycles. The maximum absolute atomic E-state index is 6.32. The number of rotatable bonds is 2. The highest BCUT2D eigenvalue weighted by Gasteiger charge is 2.45. The molecule has 0 aromatic carbocycles. The molecule has 2 aliphatic carbocycles. The fourth-order valence-corrected chi connectivity index (χ4v) is 5.57. The lowest BCUT2D eigenvalue weighted by Crippen LogP contribution is -2.61. The maximum atomic E-state index is 6.32. The second-order valence-corrected chi connectivity index (χ2v) is 8.66. The molecule has 0 bridgehead atoms. The fraction of sp³-hybridized carbons (Fsp3) is 1.00. The minimum atomic E-state index is 0.324. The first-order chi connectivity index (χ1) is 9.55. The number of likely N-dealkylation sites (tertiary alicyclic amines) is 1. The molecular weight excluding hydrogens is 244 g/mol. The molecule has 0 spiro atoms. The van der Waals surface area contributed by atoms with Gasteiger partial charge in [-0.15, -0.1) is 0 Å². The quantitative estimate of drug-likeness (QED) is 0.832. The van der Waals surface area contributed by atoms with Crippen LogP contribution in [0.2, 0.25) is 0 Å². The Hall–Kier alpha value is -0.0800. The Balaban J connectivity index is 1.72. The van der Waals surface area contributed by atoms with E-state index < -0.39 is 0 Å². The van der Waals surface area contributed by atoms with Gasteiger partial charge in [-0.05, 0) is 55.9 Å². The Kier molecular flexibility index (Phi) is 4.16. The highest BCUT2D eigenvalue weighted by Crippen LogP contribution is 2.46. The van der Waals surface area contributed by atoms with E-state index >= 15 is 0 Å². The molecule has 3 rings (SSSR count). The highest BCUT2D eigenvalue weighted by atomic mass is 15.2. The van der Waals surface area contributed by atoms with Crippen LogP contribution in [0.15, 0.2) is 0 Å². The molecule has 1 saturated heterocycles. The number of fused-ring (bicyclic) bond motifs is 1. The molecular formula is C18H34N2. The van der Waals surface area contributed by atoms with Crippen molar-refractivity contribution in [2.45, 2.75) is 77.2 Å². The monoisotopic (exact) mass is 278 g/mol. The van der Waals surface area contributed by atoms with E-state index in [9.17, 15) is 0 Å². The highest BCUT2D eigenvalue weighted by molar-refractivity contribution is 5.01. The van der Waals surface area contributed by atoms with E-state index in [1.54, 1.807) is 0 Å². The Labute approximate surface area is 125 Å². The van der Waals surface area contributed by atoms with Crippen molar-refractivity contribution in [3.05, 3.63) is 0 Å². The molecule has 0 amide bonds. The summed E-state index contributed by atoms with van der Waals surface area (Å²) in [7, 11) is 0. The summed E-state index contributed by atoms with van der Waals surface area (Å²) in [5.41, 5.74) is 7.13. The van der Waals surface area contributed by atoms with Crippen molar-refractivity contribution in [2.24, 2.45) is 23.0 Å². The smallest absolute Gasteiger partial charge is 0.0336 e. The summed E-state index contributed by atoms with van der Waals surface area (Å²) >= 11 is 0. The van der Waals surface area contributed by atoms with Crippen LogP contribution in [0, 0.1) is 17.3 Å². The van der Waals surface area contributed by atoms with Gasteiger partial charge in [-0.1, -0.05) is 39.5 Å². The van der Waals surface area contributed by atoms with Crippen molar-refractivity contribution < 1.29 is 0 Å². The number of hydrogen-bond donors (Lipinski definition) is 1. The molecule has 116 valence electrons. The standard InChI is InChI=1S/C18H34N2/c1-17(2)9-5-10-18(13-17,14-19)20-11-8-15-6-3-4-7-16(15)12-20/h15-16H,3-14,19H2,1-2H3. The summed E-state index contributed by atoms with van der Waals surface area (Å²) in [6.07, 6.45) is 12.8. The predicted molar refractivity (Wildman–Crippen MR) is 85.7 cm³/mol. The number of hydrogen-bond acceptors (Lipinski definition) is 2. The Morgan fingerprint density at radius 2 is 1.75 bits per heavy atom. The van der Waals surface area contributed by atoms with Crippen molar-refractivity contribution in [3.8, 4) is 0 Å². The van der Waals surface area contributed by atoms with Crippen LogP contribution >= 0.6 is 0 Å². The minimum Gasteiger partial charge on any atom is -0.329 e. The van der Waals surface area contributed by atoms with Crippen LogP contribution in [-0.4, -0.2) is 30.1 Å². The zero-order valence-electron chi connectivity index (χ0n) is 13.7. The van der Waals surface area contributed by atoms with E-state index in [4.69, 9.17) is 5.73 Å². The lowest BCUT2D eigenvalue weighted by molar-refractivity contribution is -0.0374. The third-order valence-corrected chi connectivity index (χ3v) is 6.65. The first-order valence-corrected chi connectivity index (χ1v) is 9.00. The van der Waals surface area contributed by atoms with Crippen LogP contribution in [0.4, 0.5) is 0 Å². The fourth-order valence-electron chi connectivity index (χ4n) is 5.57. The summed E-state index contributed by atoms with van der Waals surface area (Å²) in [6.45, 7) is 8.42.